The fourth-order valence-electron chi connectivity index (χ4n) is 2.69. The average molecular weight is 350 g/mol. The fraction of sp³-hybridized carbons (Fsp3) is 0.333. The van der Waals surface area contributed by atoms with Crippen molar-refractivity contribution in [1.29, 1.82) is 0 Å². The molecule has 0 aliphatic heterocycles. The highest BCUT2D eigenvalue weighted by atomic mass is 79.9. The van der Waals surface area contributed by atoms with Gasteiger partial charge in [0.15, 0.2) is 0 Å². The van der Waals surface area contributed by atoms with Crippen LogP contribution >= 0.6 is 15.9 Å². The Kier molecular flexibility index (Phi) is 3.71. The minimum absolute atomic E-state index is 0.444. The Morgan fingerprint density at radius 2 is 2.24 bits per heavy atom. The maximum atomic E-state index is 9.02. The predicted molar refractivity (Wildman–Crippen MR) is 83.1 cm³/mol. The van der Waals surface area contributed by atoms with Crippen molar-refractivity contribution in [2.75, 3.05) is 0 Å². The summed E-state index contributed by atoms with van der Waals surface area (Å²) in [6.45, 7) is 2.40. The van der Waals surface area contributed by atoms with E-state index in [0.29, 0.717) is 6.61 Å². The van der Waals surface area contributed by atoms with Gasteiger partial charge in [-0.3, -0.25) is 4.68 Å². The summed E-state index contributed by atoms with van der Waals surface area (Å²) in [5.74, 6) is 0.844. The van der Waals surface area contributed by atoms with Gasteiger partial charge in [-0.25, -0.2) is 0 Å². The lowest BCUT2D eigenvalue weighted by Crippen LogP contribution is -2.05. The van der Waals surface area contributed by atoms with Crippen LogP contribution in [-0.2, 0) is 20.1 Å². The van der Waals surface area contributed by atoms with Crippen LogP contribution in [0.5, 0.6) is 5.75 Å². The van der Waals surface area contributed by atoms with E-state index in [1.165, 1.54) is 0 Å². The first-order valence-electron chi connectivity index (χ1n) is 6.75. The molecule has 0 unspecified atom stereocenters. The Bertz CT molecular complexity index is 722. The predicted octanol–water partition coefficient (Wildman–Crippen LogP) is 3.19. The van der Waals surface area contributed by atoms with Crippen LogP contribution in [0.25, 0.3) is 0 Å². The SMILES string of the molecule is Cc1nn(C)c(COc2cccc3c2CCC3=NO)c1Br. The summed E-state index contributed by atoms with van der Waals surface area (Å²) in [6.07, 6.45) is 1.59. The third kappa shape index (κ3) is 2.44. The molecule has 0 saturated heterocycles. The highest BCUT2D eigenvalue weighted by molar-refractivity contribution is 9.10. The second kappa shape index (κ2) is 5.52. The van der Waals surface area contributed by atoms with Gasteiger partial charge in [-0.1, -0.05) is 17.3 Å². The van der Waals surface area contributed by atoms with Gasteiger partial charge >= 0.3 is 0 Å². The van der Waals surface area contributed by atoms with Crippen LogP contribution in [0, 0.1) is 6.92 Å². The van der Waals surface area contributed by atoms with E-state index in [1.807, 2.05) is 36.9 Å². The highest BCUT2D eigenvalue weighted by Gasteiger charge is 2.22. The molecule has 21 heavy (non-hydrogen) atoms. The molecule has 1 heterocycles. The molecule has 0 radical (unpaired) electrons. The molecule has 0 amide bonds. The monoisotopic (exact) mass is 349 g/mol. The molecule has 6 heteroatoms. The first-order chi connectivity index (χ1) is 10.1. The Labute approximate surface area is 131 Å². The molecule has 1 aliphatic rings. The standard InChI is InChI=1S/C15H16BrN3O2/c1-9-15(16)13(19(2)17-9)8-21-14-5-3-4-10-11(14)6-7-12(10)18-20/h3-5,20H,6-8H2,1-2H3. The molecule has 1 aromatic heterocycles. The second-order valence-electron chi connectivity index (χ2n) is 5.09. The van der Waals surface area contributed by atoms with Gasteiger partial charge in [-0.2, -0.15) is 5.10 Å². The number of ether oxygens (including phenoxy) is 1. The number of aryl methyl sites for hydroxylation is 2. The summed E-state index contributed by atoms with van der Waals surface area (Å²) in [6, 6.07) is 5.85. The molecule has 1 N–H and O–H groups in total. The second-order valence-corrected chi connectivity index (χ2v) is 5.88. The normalized spacial score (nSPS) is 15.5. The molecule has 2 aromatic rings. The highest BCUT2D eigenvalue weighted by Crippen LogP contribution is 2.32. The van der Waals surface area contributed by atoms with Gasteiger partial charge < -0.3 is 9.94 Å². The summed E-state index contributed by atoms with van der Waals surface area (Å²) < 4.78 is 8.78. The number of hydrogen-bond donors (Lipinski definition) is 1. The zero-order valence-corrected chi connectivity index (χ0v) is 13.5. The number of oxime groups is 1. The Morgan fingerprint density at radius 3 is 2.90 bits per heavy atom. The van der Waals surface area contributed by atoms with Crippen molar-refractivity contribution in [3.8, 4) is 5.75 Å². The van der Waals surface area contributed by atoms with Crippen LogP contribution in [0.1, 0.15) is 28.9 Å². The van der Waals surface area contributed by atoms with Gasteiger partial charge in [0.05, 0.1) is 21.6 Å². The van der Waals surface area contributed by atoms with E-state index in [1.54, 1.807) is 0 Å². The number of halogens is 1. The first-order valence-corrected chi connectivity index (χ1v) is 7.55. The van der Waals surface area contributed by atoms with Crippen LogP contribution in [0.3, 0.4) is 0 Å². The zero-order valence-electron chi connectivity index (χ0n) is 11.9. The van der Waals surface area contributed by atoms with Crippen molar-refractivity contribution in [3.05, 3.63) is 45.2 Å². The van der Waals surface area contributed by atoms with Crippen LogP contribution < -0.4 is 4.74 Å². The molecular formula is C15H16BrN3O2. The van der Waals surface area contributed by atoms with Crippen LogP contribution in [0.4, 0.5) is 0 Å². The smallest absolute Gasteiger partial charge is 0.131 e. The number of hydrogen-bond acceptors (Lipinski definition) is 4. The first kappa shape index (κ1) is 14.1. The largest absolute Gasteiger partial charge is 0.487 e. The minimum Gasteiger partial charge on any atom is -0.487 e. The Balaban J connectivity index is 1.86. The topological polar surface area (TPSA) is 59.6 Å². The van der Waals surface area contributed by atoms with Crippen LogP contribution in [0.2, 0.25) is 0 Å². The minimum atomic E-state index is 0.444. The van der Waals surface area contributed by atoms with Gasteiger partial charge in [0.25, 0.3) is 0 Å². The maximum absolute atomic E-state index is 9.02. The van der Waals surface area contributed by atoms with Crippen molar-refractivity contribution in [3.63, 3.8) is 0 Å². The van der Waals surface area contributed by atoms with Crippen molar-refractivity contribution in [1.82, 2.24) is 9.78 Å². The van der Waals surface area contributed by atoms with Crippen molar-refractivity contribution >= 4 is 21.6 Å². The maximum Gasteiger partial charge on any atom is 0.131 e. The summed E-state index contributed by atoms with van der Waals surface area (Å²) >= 11 is 3.54. The number of benzene rings is 1. The fourth-order valence-corrected chi connectivity index (χ4v) is 3.14. The van der Waals surface area contributed by atoms with Crippen molar-refractivity contribution in [2.45, 2.75) is 26.4 Å². The molecule has 3 rings (SSSR count). The van der Waals surface area contributed by atoms with Gasteiger partial charge in [0.2, 0.25) is 0 Å². The Hall–Kier alpha value is -1.82. The molecule has 0 saturated carbocycles. The lowest BCUT2D eigenvalue weighted by Gasteiger charge is -2.11. The lowest BCUT2D eigenvalue weighted by molar-refractivity contribution is 0.291. The molecule has 1 aliphatic carbocycles. The van der Waals surface area contributed by atoms with E-state index in [9.17, 15) is 0 Å². The average Bonchev–Trinajstić information content (AvgIpc) is 3.00. The molecule has 0 spiro atoms. The van der Waals surface area contributed by atoms with Crippen molar-refractivity contribution < 1.29 is 9.94 Å². The third-order valence-corrected chi connectivity index (χ3v) is 4.83. The molecule has 0 fully saturated rings. The molecule has 0 atom stereocenters. The lowest BCUT2D eigenvalue weighted by atomic mass is 10.1. The number of nitrogens with zero attached hydrogens (tertiary/aromatic N) is 3. The molecular weight excluding hydrogens is 334 g/mol. The molecule has 0 bridgehead atoms. The Morgan fingerprint density at radius 1 is 1.43 bits per heavy atom. The number of fused-ring (bicyclic) bond motifs is 1. The van der Waals surface area contributed by atoms with E-state index >= 15 is 0 Å². The van der Waals surface area contributed by atoms with Gasteiger partial charge in [-0.05, 0) is 41.8 Å². The molecule has 5 nitrogen and oxygen atoms in total. The van der Waals surface area contributed by atoms with Gasteiger partial charge in [0, 0.05) is 18.2 Å². The van der Waals surface area contributed by atoms with Crippen LogP contribution in [-0.4, -0.2) is 20.7 Å². The van der Waals surface area contributed by atoms with Gasteiger partial charge in [0.1, 0.15) is 12.4 Å². The van der Waals surface area contributed by atoms with E-state index in [-0.39, 0.29) is 0 Å². The summed E-state index contributed by atoms with van der Waals surface area (Å²) in [7, 11) is 1.91. The third-order valence-electron chi connectivity index (χ3n) is 3.80. The van der Waals surface area contributed by atoms with E-state index in [4.69, 9.17) is 9.94 Å². The van der Waals surface area contributed by atoms with E-state index in [2.05, 4.69) is 26.2 Å². The quantitative estimate of drug-likeness (QED) is 0.683. The number of rotatable bonds is 3. The molecule has 1 aromatic carbocycles. The molecule has 110 valence electrons. The zero-order chi connectivity index (χ0) is 15.0. The van der Waals surface area contributed by atoms with Gasteiger partial charge in [-0.15, -0.1) is 0 Å². The van der Waals surface area contributed by atoms with E-state index < -0.39 is 0 Å². The summed E-state index contributed by atoms with van der Waals surface area (Å²) in [4.78, 5) is 0. The number of aromatic nitrogens is 2. The van der Waals surface area contributed by atoms with Crippen LogP contribution in [0.15, 0.2) is 27.8 Å². The summed E-state index contributed by atoms with van der Waals surface area (Å²) in [5, 5.41) is 16.7. The van der Waals surface area contributed by atoms with E-state index in [0.717, 1.165) is 51.3 Å². The summed E-state index contributed by atoms with van der Waals surface area (Å²) in [5.41, 5.74) is 4.77. The van der Waals surface area contributed by atoms with Crippen molar-refractivity contribution in [2.24, 2.45) is 12.2 Å².